The highest BCUT2D eigenvalue weighted by Crippen LogP contribution is 2.42. The summed E-state index contributed by atoms with van der Waals surface area (Å²) in [5, 5.41) is 45.6. The Morgan fingerprint density at radius 2 is 1.15 bits per heavy atom. The Morgan fingerprint density at radius 1 is 0.683 bits per heavy atom. The molecule has 1 heterocycles. The quantitative estimate of drug-likeness (QED) is 0.0230. The summed E-state index contributed by atoms with van der Waals surface area (Å²) in [6.07, 6.45) is 1.81. The summed E-state index contributed by atoms with van der Waals surface area (Å²) in [6, 6.07) is 22.0. The standard InChI is InChI=1S/C39H50N12O4S.C2H4O2/c1-5-50(6-2)24-12-22-40-37-43-38(41-23-13-25-51(7-3)8-4)45-39(44-37)42-32-20-21-33-28(26-32)27-34(56(53,54)55)35(36(33)52)49-48-31-18-16-30(17-19-31)47-46-29-14-10-9-11-15-29;1-2(3)4/h9-11,14-21,26-27,52H,5-8,12-13,22-25H2,1-4H3,(H,53,54,55)(H3,40,41,42,43,44,45);1H3,(H,3,4). The fraction of sp³-hybridized carbons (Fsp3) is 0.366. The number of fused-ring (bicyclic) bond motifs is 1. The summed E-state index contributed by atoms with van der Waals surface area (Å²) < 4.78 is 35.3. The lowest BCUT2D eigenvalue weighted by atomic mass is 10.1. The second-order valence-corrected chi connectivity index (χ2v) is 14.7. The van der Waals surface area contributed by atoms with Crippen molar-refractivity contribution in [1.82, 2.24) is 24.8 Å². The largest absolute Gasteiger partial charge is 0.505 e. The van der Waals surface area contributed by atoms with Crippen molar-refractivity contribution >= 4 is 73.1 Å². The summed E-state index contributed by atoms with van der Waals surface area (Å²) in [5.74, 6) is -0.233. The van der Waals surface area contributed by atoms with E-state index in [1.54, 1.807) is 42.5 Å². The van der Waals surface area contributed by atoms with Crippen LogP contribution in [-0.4, -0.2) is 106 Å². The first kappa shape index (κ1) is 46.5. The van der Waals surface area contributed by atoms with Crippen molar-refractivity contribution in [2.45, 2.75) is 52.4 Å². The minimum Gasteiger partial charge on any atom is -0.505 e. The second kappa shape index (κ2) is 23.4. The van der Waals surface area contributed by atoms with Crippen LogP contribution in [0.4, 0.5) is 46.3 Å². The fourth-order valence-electron chi connectivity index (χ4n) is 5.83. The smallest absolute Gasteiger partial charge is 0.300 e. The van der Waals surface area contributed by atoms with E-state index in [4.69, 9.17) is 9.90 Å². The molecule has 0 fully saturated rings. The van der Waals surface area contributed by atoms with Gasteiger partial charge >= 0.3 is 0 Å². The Balaban J connectivity index is 0.00000190. The van der Waals surface area contributed by atoms with E-state index in [0.29, 0.717) is 53.1 Å². The monoisotopic (exact) mass is 842 g/mol. The van der Waals surface area contributed by atoms with Gasteiger partial charge in [0, 0.05) is 31.1 Å². The zero-order valence-corrected chi connectivity index (χ0v) is 35.4. The topological polar surface area (TPSA) is 243 Å². The van der Waals surface area contributed by atoms with Gasteiger partial charge in [0.15, 0.2) is 5.75 Å². The molecule has 0 amide bonds. The van der Waals surface area contributed by atoms with E-state index in [0.717, 1.165) is 59.0 Å². The molecule has 0 aliphatic carbocycles. The Hall–Kier alpha value is -6.15. The molecular formula is C41H54N12O6S. The number of hydrogen-bond acceptors (Lipinski definition) is 16. The third-order valence-electron chi connectivity index (χ3n) is 9.03. The summed E-state index contributed by atoms with van der Waals surface area (Å²) >= 11 is 0. The zero-order chi connectivity index (χ0) is 43.5. The predicted octanol–water partition coefficient (Wildman–Crippen LogP) is 8.93. The van der Waals surface area contributed by atoms with Crippen molar-refractivity contribution in [1.29, 1.82) is 0 Å². The number of aliphatic carboxylic acids is 1. The third-order valence-corrected chi connectivity index (χ3v) is 9.90. The van der Waals surface area contributed by atoms with Crippen LogP contribution in [0.1, 0.15) is 47.5 Å². The lowest BCUT2D eigenvalue weighted by Crippen LogP contribution is -2.26. The first-order valence-electron chi connectivity index (χ1n) is 19.7. The van der Waals surface area contributed by atoms with Crippen LogP contribution in [0.5, 0.6) is 5.75 Å². The number of carboxylic acid groups (broad SMARTS) is 1. The molecule has 0 saturated carbocycles. The van der Waals surface area contributed by atoms with Gasteiger partial charge in [-0.05, 0) is 118 Å². The lowest BCUT2D eigenvalue weighted by molar-refractivity contribution is -0.134. The summed E-state index contributed by atoms with van der Waals surface area (Å²) in [7, 11) is -4.83. The number of carboxylic acids is 1. The molecule has 1 aromatic heterocycles. The van der Waals surface area contributed by atoms with Crippen molar-refractivity contribution in [3.8, 4) is 5.75 Å². The molecule has 4 aromatic carbocycles. The van der Waals surface area contributed by atoms with Crippen molar-refractivity contribution in [2.24, 2.45) is 20.5 Å². The molecule has 320 valence electrons. The van der Waals surface area contributed by atoms with Gasteiger partial charge in [-0.1, -0.05) is 45.9 Å². The maximum Gasteiger partial charge on any atom is 0.300 e. The van der Waals surface area contributed by atoms with Crippen LogP contribution >= 0.6 is 0 Å². The number of phenols is 1. The minimum atomic E-state index is -4.83. The van der Waals surface area contributed by atoms with E-state index in [1.807, 2.05) is 30.3 Å². The minimum absolute atomic E-state index is 0.258. The number of hydrogen-bond donors (Lipinski definition) is 6. The molecule has 0 spiro atoms. The lowest BCUT2D eigenvalue weighted by Gasteiger charge is -2.18. The van der Waals surface area contributed by atoms with Crippen molar-refractivity contribution < 1.29 is 28.0 Å². The van der Waals surface area contributed by atoms with E-state index < -0.39 is 32.4 Å². The maximum absolute atomic E-state index is 12.6. The van der Waals surface area contributed by atoms with Crippen LogP contribution in [0.25, 0.3) is 10.8 Å². The van der Waals surface area contributed by atoms with E-state index in [9.17, 15) is 18.1 Å². The molecule has 0 saturated heterocycles. The van der Waals surface area contributed by atoms with Gasteiger partial charge in [-0.3, -0.25) is 9.35 Å². The van der Waals surface area contributed by atoms with Crippen molar-refractivity contribution in [3.05, 3.63) is 78.9 Å². The van der Waals surface area contributed by atoms with Gasteiger partial charge in [-0.2, -0.15) is 38.7 Å². The van der Waals surface area contributed by atoms with Gasteiger partial charge in [-0.15, -0.1) is 5.11 Å². The molecule has 5 rings (SSSR count). The van der Waals surface area contributed by atoms with Crippen LogP contribution in [0, 0.1) is 0 Å². The van der Waals surface area contributed by atoms with Crippen LogP contribution in [0.15, 0.2) is 104 Å². The summed E-state index contributed by atoms with van der Waals surface area (Å²) in [4.78, 5) is 26.9. The van der Waals surface area contributed by atoms with Crippen molar-refractivity contribution in [2.75, 3.05) is 68.3 Å². The number of rotatable bonds is 21. The fourth-order valence-corrected chi connectivity index (χ4v) is 6.49. The van der Waals surface area contributed by atoms with Crippen LogP contribution in [0.3, 0.4) is 0 Å². The number of anilines is 4. The summed E-state index contributed by atoms with van der Waals surface area (Å²) in [5.41, 5.74) is 1.73. The molecule has 0 unspecified atom stereocenters. The van der Waals surface area contributed by atoms with Crippen LogP contribution in [-0.2, 0) is 14.9 Å². The Morgan fingerprint density at radius 3 is 1.63 bits per heavy atom. The van der Waals surface area contributed by atoms with E-state index >= 15 is 0 Å². The molecule has 0 radical (unpaired) electrons. The third kappa shape index (κ3) is 14.9. The van der Waals surface area contributed by atoms with Crippen LogP contribution in [0.2, 0.25) is 0 Å². The average molecular weight is 843 g/mol. The first-order chi connectivity index (χ1) is 28.8. The zero-order valence-electron chi connectivity index (χ0n) is 34.6. The number of aromatic hydroxyl groups is 1. The molecule has 0 bridgehead atoms. The predicted molar refractivity (Wildman–Crippen MR) is 235 cm³/mol. The second-order valence-electron chi connectivity index (χ2n) is 13.3. The molecule has 6 N–H and O–H groups in total. The van der Waals surface area contributed by atoms with Gasteiger partial charge in [0.25, 0.3) is 16.1 Å². The van der Waals surface area contributed by atoms with Gasteiger partial charge in [0.2, 0.25) is 17.8 Å². The Bertz CT molecular complexity index is 2260. The Labute approximate surface area is 350 Å². The van der Waals surface area contributed by atoms with E-state index in [1.165, 1.54) is 6.07 Å². The van der Waals surface area contributed by atoms with E-state index in [2.05, 4.69) is 88.9 Å². The van der Waals surface area contributed by atoms with Gasteiger partial charge in [-0.25, -0.2) is 0 Å². The molecule has 18 nitrogen and oxygen atoms in total. The maximum atomic E-state index is 12.6. The SMILES string of the molecule is CC(=O)O.CCN(CC)CCCNc1nc(NCCCN(CC)CC)nc(Nc2ccc3c(O)c(N=Nc4ccc(N=Nc5ccccc5)cc4)c(S(=O)(=O)O)cc3c2)n1. The average Bonchev–Trinajstić information content (AvgIpc) is 3.23. The molecule has 5 aromatic rings. The first-order valence-corrected chi connectivity index (χ1v) is 21.2. The number of benzene rings is 4. The highest BCUT2D eigenvalue weighted by Gasteiger charge is 2.22. The van der Waals surface area contributed by atoms with E-state index in [-0.39, 0.29) is 11.3 Å². The number of phenolic OH excluding ortho intramolecular Hbond substituents is 1. The highest BCUT2D eigenvalue weighted by atomic mass is 32.2. The molecular weight excluding hydrogens is 789 g/mol. The van der Waals surface area contributed by atoms with Crippen molar-refractivity contribution in [3.63, 3.8) is 0 Å². The normalized spacial score (nSPS) is 11.7. The number of nitrogens with one attached hydrogen (secondary N) is 3. The number of nitrogens with zero attached hydrogens (tertiary/aromatic N) is 9. The van der Waals surface area contributed by atoms with Gasteiger partial charge in [0.05, 0.1) is 17.1 Å². The number of aromatic nitrogens is 3. The molecule has 0 atom stereocenters. The highest BCUT2D eigenvalue weighted by molar-refractivity contribution is 7.86. The summed E-state index contributed by atoms with van der Waals surface area (Å²) in [6.45, 7) is 16.8. The number of azo groups is 2. The molecule has 0 aliphatic rings. The number of carbonyl (C=O) groups is 1. The van der Waals surface area contributed by atoms with Gasteiger partial charge in [0.1, 0.15) is 10.6 Å². The molecule has 0 aliphatic heterocycles. The molecule has 60 heavy (non-hydrogen) atoms. The van der Waals surface area contributed by atoms with Gasteiger partial charge < -0.3 is 36.0 Å². The van der Waals surface area contributed by atoms with Crippen LogP contribution < -0.4 is 16.0 Å². The Kier molecular flexibility index (Phi) is 18.2. The molecule has 19 heteroatoms.